The van der Waals surface area contributed by atoms with Crippen LogP contribution in [0.5, 0.6) is 0 Å². The number of carbonyl (C=O) groups is 2. The number of halogens is 7. The quantitative estimate of drug-likeness (QED) is 0.646. The summed E-state index contributed by atoms with van der Waals surface area (Å²) in [6.45, 7) is 1.06. The smallest absolute Gasteiger partial charge is 0.478 e. The largest absolute Gasteiger partial charge is 0.490 e. The molecule has 1 aromatic carbocycles. The van der Waals surface area contributed by atoms with E-state index in [0.717, 1.165) is 6.07 Å². The maximum absolute atomic E-state index is 13.8. The first-order valence-electron chi connectivity index (χ1n) is 8.69. The van der Waals surface area contributed by atoms with E-state index in [1.165, 1.54) is 12.1 Å². The Morgan fingerprint density at radius 2 is 1.71 bits per heavy atom. The summed E-state index contributed by atoms with van der Waals surface area (Å²) in [6.07, 6.45) is -9.20. The zero-order chi connectivity index (χ0) is 23.6. The van der Waals surface area contributed by atoms with Crippen molar-refractivity contribution >= 4 is 11.9 Å². The lowest BCUT2D eigenvalue weighted by molar-refractivity contribution is -0.192. The molecule has 0 saturated carbocycles. The number of hydrogen-bond acceptors (Lipinski definition) is 5. The van der Waals surface area contributed by atoms with Crippen LogP contribution >= 0.6 is 0 Å². The van der Waals surface area contributed by atoms with Gasteiger partial charge in [0.1, 0.15) is 5.82 Å². The van der Waals surface area contributed by atoms with Gasteiger partial charge in [0.25, 0.3) is 5.66 Å². The number of carboxylic acid groups (broad SMARTS) is 2. The van der Waals surface area contributed by atoms with Crippen LogP contribution in [0.15, 0.2) is 28.4 Å². The summed E-state index contributed by atoms with van der Waals surface area (Å²) in [4.78, 5) is 21.7. The van der Waals surface area contributed by atoms with Crippen molar-refractivity contribution in [2.45, 2.75) is 37.4 Å². The highest BCUT2D eigenvalue weighted by Crippen LogP contribution is 2.49. The minimum atomic E-state index is -5.08. The van der Waals surface area contributed by atoms with Gasteiger partial charge in [-0.1, -0.05) is 0 Å². The molecule has 1 saturated heterocycles. The van der Waals surface area contributed by atoms with Crippen molar-refractivity contribution in [3.63, 3.8) is 0 Å². The SMILES string of the molecule is O=C(O)C(F)(F)F.O=C(O)c1ccc(F)c(CN2CCC(CC3(C(F)(F)F)N=N3)C2)c1. The van der Waals surface area contributed by atoms with Gasteiger partial charge in [0.2, 0.25) is 0 Å². The van der Waals surface area contributed by atoms with Crippen molar-refractivity contribution in [3.8, 4) is 0 Å². The first kappa shape index (κ1) is 24.5. The number of aliphatic carboxylic acids is 1. The summed E-state index contributed by atoms with van der Waals surface area (Å²) in [5.74, 6) is -4.66. The second-order valence-electron chi connectivity index (χ2n) is 7.02. The minimum absolute atomic E-state index is 0.0197. The van der Waals surface area contributed by atoms with Gasteiger partial charge in [0.15, 0.2) is 0 Å². The normalized spacial score (nSPS) is 20.2. The summed E-state index contributed by atoms with van der Waals surface area (Å²) in [6, 6.07) is 3.53. The number of carboxylic acids is 2. The van der Waals surface area contributed by atoms with Crippen molar-refractivity contribution < 1.29 is 50.5 Å². The summed E-state index contributed by atoms with van der Waals surface area (Å²) in [5, 5.41) is 22.4. The zero-order valence-electron chi connectivity index (χ0n) is 15.5. The Labute approximate surface area is 170 Å². The molecule has 172 valence electrons. The molecule has 0 aliphatic carbocycles. The highest BCUT2D eigenvalue weighted by molar-refractivity contribution is 5.87. The third-order valence-electron chi connectivity index (χ3n) is 4.67. The van der Waals surface area contributed by atoms with Crippen LogP contribution in [0.3, 0.4) is 0 Å². The summed E-state index contributed by atoms with van der Waals surface area (Å²) in [5.41, 5.74) is -2.04. The summed E-state index contributed by atoms with van der Waals surface area (Å²) < 4.78 is 84.1. The molecule has 2 aliphatic rings. The first-order valence-corrected chi connectivity index (χ1v) is 8.69. The van der Waals surface area contributed by atoms with E-state index < -0.39 is 35.8 Å². The fourth-order valence-corrected chi connectivity index (χ4v) is 3.07. The molecule has 14 heteroatoms. The standard InChI is InChI=1S/C15H15F4N3O2.C2HF3O2/c16-12-2-1-10(13(23)24)5-11(12)8-22-4-3-9(7-22)6-14(20-21-14)15(17,18)19;3-2(4,5)1(6)7/h1-2,5,9H,3-4,6-8H2,(H,23,24);(H,6,7). The maximum Gasteiger partial charge on any atom is 0.490 e. The number of alkyl halides is 6. The lowest BCUT2D eigenvalue weighted by atomic mass is 9.96. The summed E-state index contributed by atoms with van der Waals surface area (Å²) in [7, 11) is 0. The Kier molecular flexibility index (Phi) is 6.93. The molecule has 2 aliphatic heterocycles. The van der Waals surface area contributed by atoms with Gasteiger partial charge in [-0.2, -0.15) is 26.3 Å². The Hall–Kier alpha value is -2.77. The second kappa shape index (κ2) is 8.77. The number of benzene rings is 1. The summed E-state index contributed by atoms with van der Waals surface area (Å²) >= 11 is 0. The van der Waals surface area contributed by atoms with Crippen molar-refractivity contribution in [2.24, 2.45) is 16.1 Å². The number of rotatable bonds is 5. The van der Waals surface area contributed by atoms with Gasteiger partial charge in [-0.25, -0.2) is 14.0 Å². The van der Waals surface area contributed by atoms with Crippen LogP contribution in [0.1, 0.15) is 28.8 Å². The van der Waals surface area contributed by atoms with Crippen molar-refractivity contribution in [2.75, 3.05) is 13.1 Å². The van der Waals surface area contributed by atoms with Crippen molar-refractivity contribution in [1.82, 2.24) is 4.90 Å². The van der Waals surface area contributed by atoms with Crippen LogP contribution in [0.2, 0.25) is 0 Å². The van der Waals surface area contributed by atoms with E-state index >= 15 is 0 Å². The number of likely N-dealkylation sites (tertiary alicyclic amines) is 1. The highest BCUT2D eigenvalue weighted by atomic mass is 19.4. The molecule has 31 heavy (non-hydrogen) atoms. The molecule has 7 nitrogen and oxygen atoms in total. The van der Waals surface area contributed by atoms with E-state index in [4.69, 9.17) is 15.0 Å². The molecule has 2 heterocycles. The average Bonchev–Trinajstić information content (AvgIpc) is 3.29. The topological polar surface area (TPSA) is 103 Å². The molecule has 1 unspecified atom stereocenters. The third-order valence-corrected chi connectivity index (χ3v) is 4.67. The molecule has 1 fully saturated rings. The molecule has 1 aromatic rings. The molecule has 0 amide bonds. The first-order chi connectivity index (χ1) is 14.1. The van der Waals surface area contributed by atoms with Gasteiger partial charge in [-0.05, 0) is 37.1 Å². The van der Waals surface area contributed by atoms with Gasteiger partial charge in [-0.3, -0.25) is 4.90 Å². The minimum Gasteiger partial charge on any atom is -0.478 e. The van der Waals surface area contributed by atoms with Crippen LogP contribution < -0.4 is 0 Å². The van der Waals surface area contributed by atoms with E-state index in [9.17, 15) is 35.5 Å². The van der Waals surface area contributed by atoms with Crippen molar-refractivity contribution in [1.29, 1.82) is 0 Å². The number of hydrogen-bond donors (Lipinski definition) is 2. The predicted octanol–water partition coefficient (Wildman–Crippen LogP) is 4.09. The Bertz CT molecular complexity index is 864. The number of nitrogens with zero attached hydrogens (tertiary/aromatic N) is 3. The fourth-order valence-electron chi connectivity index (χ4n) is 3.07. The Morgan fingerprint density at radius 3 is 2.16 bits per heavy atom. The Balaban J connectivity index is 0.000000423. The molecular weight excluding hydrogens is 443 g/mol. The zero-order valence-corrected chi connectivity index (χ0v) is 15.5. The molecule has 0 spiro atoms. The average molecular weight is 459 g/mol. The Morgan fingerprint density at radius 1 is 1.13 bits per heavy atom. The molecule has 0 radical (unpaired) electrons. The lowest BCUT2D eigenvalue weighted by Crippen LogP contribution is -2.35. The molecule has 0 aromatic heterocycles. The van der Waals surface area contributed by atoms with E-state index in [1.54, 1.807) is 0 Å². The molecule has 3 rings (SSSR count). The molecule has 0 bridgehead atoms. The van der Waals surface area contributed by atoms with Crippen LogP contribution in [-0.2, 0) is 11.3 Å². The van der Waals surface area contributed by atoms with E-state index in [1.807, 2.05) is 4.90 Å². The fraction of sp³-hybridized carbons (Fsp3) is 0.529. The van der Waals surface area contributed by atoms with E-state index in [2.05, 4.69) is 10.2 Å². The number of aromatic carboxylic acids is 1. The van der Waals surface area contributed by atoms with Gasteiger partial charge in [-0.15, -0.1) is 10.2 Å². The van der Waals surface area contributed by atoms with Crippen LogP contribution in [-0.4, -0.2) is 58.2 Å². The molecular formula is C17H16F7N3O4. The van der Waals surface area contributed by atoms with Crippen molar-refractivity contribution in [3.05, 3.63) is 35.1 Å². The van der Waals surface area contributed by atoms with Crippen LogP contribution in [0, 0.1) is 11.7 Å². The second-order valence-corrected chi connectivity index (χ2v) is 7.02. The molecule has 1 atom stereocenters. The van der Waals surface area contributed by atoms with E-state index in [0.29, 0.717) is 19.5 Å². The monoisotopic (exact) mass is 459 g/mol. The van der Waals surface area contributed by atoms with Crippen LogP contribution in [0.25, 0.3) is 0 Å². The van der Waals surface area contributed by atoms with Crippen LogP contribution in [0.4, 0.5) is 30.7 Å². The highest BCUT2D eigenvalue weighted by Gasteiger charge is 2.64. The molecule has 2 N–H and O–H groups in total. The third kappa shape index (κ3) is 6.35. The lowest BCUT2D eigenvalue weighted by Gasteiger charge is -2.19. The van der Waals surface area contributed by atoms with Gasteiger partial charge in [0, 0.05) is 25.1 Å². The van der Waals surface area contributed by atoms with E-state index in [-0.39, 0.29) is 30.0 Å². The van der Waals surface area contributed by atoms with Gasteiger partial charge < -0.3 is 10.2 Å². The van der Waals surface area contributed by atoms with Gasteiger partial charge in [0.05, 0.1) is 5.56 Å². The van der Waals surface area contributed by atoms with Gasteiger partial charge >= 0.3 is 24.3 Å². The maximum atomic E-state index is 13.8. The predicted molar refractivity (Wildman–Crippen MR) is 88.7 cm³/mol.